The minimum atomic E-state index is -3.67. The van der Waals surface area contributed by atoms with Crippen molar-refractivity contribution in [2.45, 2.75) is 27.7 Å². The molecule has 24 heavy (non-hydrogen) atoms. The quantitative estimate of drug-likeness (QED) is 0.624. The molecule has 0 atom stereocenters. The molecular weight excluding hydrogens is 330 g/mol. The summed E-state index contributed by atoms with van der Waals surface area (Å²) in [7, 11) is -2.23. The maximum absolute atomic E-state index is 12.1. The van der Waals surface area contributed by atoms with E-state index in [0.29, 0.717) is 11.4 Å². The molecule has 8 heteroatoms. The van der Waals surface area contributed by atoms with Gasteiger partial charge < -0.3 is 4.74 Å². The molecule has 1 aromatic rings. The molecule has 0 radical (unpaired) electrons. The van der Waals surface area contributed by atoms with Crippen molar-refractivity contribution in [3.63, 3.8) is 0 Å². The van der Waals surface area contributed by atoms with Crippen molar-refractivity contribution in [2.24, 2.45) is 10.5 Å². The molecule has 7 nitrogen and oxygen atoms in total. The van der Waals surface area contributed by atoms with E-state index in [2.05, 4.69) is 10.5 Å². The molecular formula is C16H25N3O4S. The monoisotopic (exact) mass is 355 g/mol. The first-order valence-corrected chi connectivity index (χ1v) is 9.26. The van der Waals surface area contributed by atoms with Crippen LogP contribution in [0.1, 0.15) is 27.7 Å². The zero-order valence-corrected chi connectivity index (χ0v) is 15.8. The highest BCUT2D eigenvalue weighted by Crippen LogP contribution is 2.29. The predicted molar refractivity (Wildman–Crippen MR) is 95.9 cm³/mol. The maximum Gasteiger partial charge on any atom is 0.260 e. The van der Waals surface area contributed by atoms with E-state index in [1.165, 1.54) is 7.11 Å². The van der Waals surface area contributed by atoms with Crippen molar-refractivity contribution in [1.29, 1.82) is 0 Å². The summed E-state index contributed by atoms with van der Waals surface area (Å²) in [5, 5.41) is 4.03. The third kappa shape index (κ3) is 5.52. The van der Waals surface area contributed by atoms with Crippen LogP contribution in [0, 0.1) is 5.41 Å². The third-order valence-electron chi connectivity index (χ3n) is 3.48. The summed E-state index contributed by atoms with van der Waals surface area (Å²) in [6.45, 7) is 7.32. The molecule has 0 aliphatic carbocycles. The number of para-hydroxylation sites is 2. The Morgan fingerprint density at radius 3 is 2.38 bits per heavy atom. The Balaban J connectivity index is 3.03. The first-order valence-electron chi connectivity index (χ1n) is 7.41. The number of amides is 1. The lowest BCUT2D eigenvalue weighted by atomic mass is 9.91. The second-order valence-corrected chi connectivity index (χ2v) is 8.33. The number of hydrogen-bond acceptors (Lipinski definition) is 5. The molecule has 0 unspecified atom stereocenters. The van der Waals surface area contributed by atoms with Gasteiger partial charge in [-0.1, -0.05) is 32.9 Å². The Hall–Kier alpha value is -2.09. The summed E-state index contributed by atoms with van der Waals surface area (Å²) in [6.07, 6.45) is 1.04. The number of ether oxygens (including phenoxy) is 1. The molecule has 1 aromatic carbocycles. The highest BCUT2D eigenvalue weighted by molar-refractivity contribution is 7.92. The maximum atomic E-state index is 12.1. The van der Waals surface area contributed by atoms with Gasteiger partial charge in [-0.3, -0.25) is 9.10 Å². The molecule has 0 bridgehead atoms. The van der Waals surface area contributed by atoms with Crippen molar-refractivity contribution in [2.75, 3.05) is 24.2 Å². The summed E-state index contributed by atoms with van der Waals surface area (Å²) in [4.78, 5) is 12.1. The number of sulfonamides is 1. The highest BCUT2D eigenvalue weighted by atomic mass is 32.2. The lowest BCUT2D eigenvalue weighted by molar-refractivity contribution is -0.119. The fourth-order valence-electron chi connectivity index (χ4n) is 1.70. The van der Waals surface area contributed by atoms with Gasteiger partial charge in [0, 0.05) is 11.1 Å². The Kier molecular flexibility index (Phi) is 6.36. The average Bonchev–Trinajstić information content (AvgIpc) is 2.48. The first-order chi connectivity index (χ1) is 11.0. The van der Waals surface area contributed by atoms with Crippen LogP contribution in [0.5, 0.6) is 5.75 Å². The zero-order valence-electron chi connectivity index (χ0n) is 15.0. The standard InChI is InChI=1S/C16H25N3O4S/c1-12(16(2,3)4)17-18-15(20)11-19(24(6,21)22)13-9-7-8-10-14(13)23-5/h7-10H,11H2,1-6H3,(H,18,20)/b17-12+. The van der Waals surface area contributed by atoms with Crippen molar-refractivity contribution < 1.29 is 17.9 Å². The van der Waals surface area contributed by atoms with Crippen LogP contribution < -0.4 is 14.5 Å². The van der Waals surface area contributed by atoms with Gasteiger partial charge >= 0.3 is 0 Å². The molecule has 0 aliphatic rings. The van der Waals surface area contributed by atoms with Crippen LogP contribution in [0.3, 0.4) is 0 Å². The molecule has 0 aliphatic heterocycles. The number of carbonyl (C=O) groups excluding carboxylic acids is 1. The second-order valence-electron chi connectivity index (χ2n) is 6.42. The Morgan fingerprint density at radius 1 is 1.29 bits per heavy atom. The van der Waals surface area contributed by atoms with Gasteiger partial charge in [-0.2, -0.15) is 5.10 Å². The molecule has 0 saturated heterocycles. The minimum absolute atomic E-state index is 0.188. The van der Waals surface area contributed by atoms with Crippen LogP contribution in [-0.4, -0.2) is 39.9 Å². The van der Waals surface area contributed by atoms with Gasteiger partial charge in [-0.05, 0) is 19.1 Å². The number of benzene rings is 1. The van der Waals surface area contributed by atoms with Crippen molar-refractivity contribution in [1.82, 2.24) is 5.43 Å². The molecule has 1 rings (SSSR count). The number of hydrazone groups is 1. The number of rotatable bonds is 6. The van der Waals surface area contributed by atoms with E-state index in [9.17, 15) is 13.2 Å². The number of nitrogens with zero attached hydrogens (tertiary/aromatic N) is 2. The summed E-state index contributed by atoms with van der Waals surface area (Å²) in [5.41, 5.74) is 3.25. The van der Waals surface area contributed by atoms with Gasteiger partial charge in [0.25, 0.3) is 5.91 Å². The number of nitrogens with one attached hydrogen (secondary N) is 1. The summed E-state index contributed by atoms with van der Waals surface area (Å²) in [5.74, 6) is -0.167. The normalized spacial score (nSPS) is 12.7. The van der Waals surface area contributed by atoms with Crippen LogP contribution in [0.4, 0.5) is 5.69 Å². The smallest absolute Gasteiger partial charge is 0.260 e. The Labute approximate surface area is 143 Å². The van der Waals surface area contributed by atoms with E-state index in [0.717, 1.165) is 16.3 Å². The van der Waals surface area contributed by atoms with E-state index in [4.69, 9.17) is 4.74 Å². The molecule has 0 fully saturated rings. The zero-order chi connectivity index (χ0) is 18.5. The molecule has 134 valence electrons. The summed E-state index contributed by atoms with van der Waals surface area (Å²) < 4.78 is 30.3. The van der Waals surface area contributed by atoms with Crippen molar-refractivity contribution in [3.8, 4) is 5.75 Å². The van der Waals surface area contributed by atoms with Crippen molar-refractivity contribution >= 4 is 27.3 Å². The fraction of sp³-hybridized carbons (Fsp3) is 0.500. The van der Waals surface area contributed by atoms with Crippen molar-refractivity contribution in [3.05, 3.63) is 24.3 Å². The largest absolute Gasteiger partial charge is 0.495 e. The second kappa shape index (κ2) is 7.65. The van der Waals surface area contributed by atoms with Gasteiger partial charge in [0.15, 0.2) is 0 Å². The highest BCUT2D eigenvalue weighted by Gasteiger charge is 2.24. The van der Waals surface area contributed by atoms with Crippen LogP contribution >= 0.6 is 0 Å². The van der Waals surface area contributed by atoms with Crippen LogP contribution in [0.2, 0.25) is 0 Å². The SMILES string of the molecule is COc1ccccc1N(CC(=O)N/N=C(\C)C(C)(C)C)S(C)(=O)=O. The topological polar surface area (TPSA) is 88.1 Å². The van der Waals surface area contributed by atoms with Crippen LogP contribution in [0.15, 0.2) is 29.4 Å². The van der Waals surface area contributed by atoms with Gasteiger partial charge in [-0.15, -0.1) is 0 Å². The van der Waals surface area contributed by atoms with Gasteiger partial charge in [-0.25, -0.2) is 13.8 Å². The lowest BCUT2D eigenvalue weighted by Gasteiger charge is -2.23. The molecule has 0 heterocycles. The molecule has 0 saturated carbocycles. The van der Waals surface area contributed by atoms with E-state index in [-0.39, 0.29) is 12.0 Å². The van der Waals surface area contributed by atoms with Gasteiger partial charge in [0.1, 0.15) is 12.3 Å². The number of carbonyl (C=O) groups is 1. The van der Waals surface area contributed by atoms with E-state index in [1.807, 2.05) is 20.8 Å². The molecule has 0 aromatic heterocycles. The van der Waals surface area contributed by atoms with Gasteiger partial charge in [0.2, 0.25) is 10.0 Å². The summed E-state index contributed by atoms with van der Waals surface area (Å²) in [6, 6.07) is 6.61. The fourth-order valence-corrected chi connectivity index (χ4v) is 2.56. The number of anilines is 1. The first kappa shape index (κ1) is 20.0. The Bertz CT molecular complexity index is 721. The number of hydrogen-bond donors (Lipinski definition) is 1. The predicted octanol–water partition coefficient (Wildman–Crippen LogP) is 2.00. The van der Waals surface area contributed by atoms with E-state index in [1.54, 1.807) is 31.2 Å². The van der Waals surface area contributed by atoms with E-state index < -0.39 is 15.9 Å². The number of methoxy groups -OCH3 is 1. The summed E-state index contributed by atoms with van der Waals surface area (Å²) >= 11 is 0. The molecule has 0 spiro atoms. The van der Waals surface area contributed by atoms with Crippen LogP contribution in [-0.2, 0) is 14.8 Å². The van der Waals surface area contributed by atoms with E-state index >= 15 is 0 Å². The van der Waals surface area contributed by atoms with Gasteiger partial charge in [0.05, 0.1) is 19.1 Å². The third-order valence-corrected chi connectivity index (χ3v) is 4.60. The minimum Gasteiger partial charge on any atom is -0.495 e. The molecule has 1 N–H and O–H groups in total. The van der Waals surface area contributed by atoms with Crippen LogP contribution in [0.25, 0.3) is 0 Å². The molecule has 1 amide bonds. The Morgan fingerprint density at radius 2 is 1.88 bits per heavy atom. The average molecular weight is 355 g/mol. The lowest BCUT2D eigenvalue weighted by Crippen LogP contribution is -2.39.